The molecule has 0 atom stereocenters. The quantitative estimate of drug-likeness (QED) is 0.155. The van der Waals surface area contributed by atoms with Gasteiger partial charge in [-0.1, -0.05) is 27.2 Å². The van der Waals surface area contributed by atoms with Crippen molar-refractivity contribution in [3.63, 3.8) is 0 Å². The lowest BCUT2D eigenvalue weighted by Gasteiger charge is -2.34. The van der Waals surface area contributed by atoms with Gasteiger partial charge < -0.3 is 29.2 Å². The van der Waals surface area contributed by atoms with Crippen molar-refractivity contribution in [2.45, 2.75) is 46.5 Å². The van der Waals surface area contributed by atoms with Gasteiger partial charge in [-0.25, -0.2) is 19.1 Å². The Hall–Kier alpha value is -4.16. The first-order chi connectivity index (χ1) is 22.8. The first-order valence-corrected chi connectivity index (χ1v) is 16.5. The molecule has 2 heterocycles. The van der Waals surface area contributed by atoms with Gasteiger partial charge in [0.25, 0.3) is 0 Å². The van der Waals surface area contributed by atoms with E-state index in [-0.39, 0.29) is 24.1 Å². The SMILES string of the molecule is CCCN1CCN(CCOc2ccc(Nc3nccc(N(C(=O)OCCCCC(C)C)c4ccc(OC)cc4OC)n3)cc2F)CC1. The number of amides is 1. The number of anilines is 4. The smallest absolute Gasteiger partial charge is 0.420 e. The first kappa shape index (κ1) is 35.7. The van der Waals surface area contributed by atoms with Crippen LogP contribution in [0.15, 0.2) is 48.7 Å². The Morgan fingerprint density at radius 2 is 1.72 bits per heavy atom. The van der Waals surface area contributed by atoms with Crippen LogP contribution in [0.3, 0.4) is 0 Å². The van der Waals surface area contributed by atoms with E-state index in [0.717, 1.165) is 65.0 Å². The standard InChI is InChI=1S/C35H49FN6O5/c1-6-16-40-17-19-41(20-18-40)21-23-46-31-13-10-27(24-29(31)36)38-34-37-15-14-33(39-34)42(35(43)47-22-8-7-9-26(2)3)30-12-11-28(44-4)25-32(30)45-5/h10-15,24-26H,6-9,16-23H2,1-5H3,(H,37,38,39). The Morgan fingerprint density at radius 3 is 2.40 bits per heavy atom. The molecule has 256 valence electrons. The number of carbonyl (C=O) groups excluding carboxylic acids is 1. The second kappa shape index (κ2) is 18.2. The lowest BCUT2D eigenvalue weighted by Crippen LogP contribution is -2.47. The number of nitrogens with zero attached hydrogens (tertiary/aromatic N) is 5. The van der Waals surface area contributed by atoms with Crippen LogP contribution in [0.25, 0.3) is 0 Å². The van der Waals surface area contributed by atoms with Gasteiger partial charge in [0.15, 0.2) is 11.6 Å². The number of hydrogen-bond donors (Lipinski definition) is 1. The molecule has 1 N–H and O–H groups in total. The van der Waals surface area contributed by atoms with Gasteiger partial charge in [-0.3, -0.25) is 4.90 Å². The Bertz CT molecular complexity index is 1420. The zero-order valence-corrected chi connectivity index (χ0v) is 28.3. The van der Waals surface area contributed by atoms with Crippen LogP contribution < -0.4 is 24.4 Å². The van der Waals surface area contributed by atoms with Gasteiger partial charge in [0.2, 0.25) is 5.95 Å². The van der Waals surface area contributed by atoms with Gasteiger partial charge in [0.1, 0.15) is 23.9 Å². The van der Waals surface area contributed by atoms with Crippen molar-refractivity contribution >= 4 is 29.2 Å². The summed E-state index contributed by atoms with van der Waals surface area (Å²) in [5.41, 5.74) is 0.848. The van der Waals surface area contributed by atoms with Crippen molar-refractivity contribution < 1.29 is 28.1 Å². The van der Waals surface area contributed by atoms with E-state index in [9.17, 15) is 4.79 Å². The minimum atomic E-state index is -0.613. The summed E-state index contributed by atoms with van der Waals surface area (Å²) in [6.45, 7) is 13.2. The van der Waals surface area contributed by atoms with Crippen LogP contribution in [0, 0.1) is 11.7 Å². The zero-order valence-electron chi connectivity index (χ0n) is 28.3. The average Bonchev–Trinajstić information content (AvgIpc) is 3.07. The van der Waals surface area contributed by atoms with E-state index >= 15 is 4.39 Å². The Kier molecular flexibility index (Phi) is 13.9. The molecule has 12 heteroatoms. The zero-order chi connectivity index (χ0) is 33.6. The number of benzene rings is 2. The fourth-order valence-electron chi connectivity index (χ4n) is 5.36. The predicted octanol–water partition coefficient (Wildman–Crippen LogP) is 6.88. The van der Waals surface area contributed by atoms with E-state index < -0.39 is 11.9 Å². The number of rotatable bonds is 17. The molecule has 1 aliphatic rings. The van der Waals surface area contributed by atoms with Gasteiger partial charge in [-0.15, -0.1) is 0 Å². The summed E-state index contributed by atoms with van der Waals surface area (Å²) in [7, 11) is 3.06. The maximum atomic E-state index is 15.0. The molecule has 1 aromatic heterocycles. The molecule has 0 aliphatic carbocycles. The number of piperazine rings is 1. The number of nitrogens with one attached hydrogen (secondary N) is 1. The molecule has 0 saturated carbocycles. The fourth-order valence-corrected chi connectivity index (χ4v) is 5.36. The molecule has 0 spiro atoms. The molecule has 1 amide bonds. The fraction of sp³-hybridized carbons (Fsp3) is 0.514. The maximum absolute atomic E-state index is 15.0. The Balaban J connectivity index is 1.43. The average molecular weight is 653 g/mol. The molecular weight excluding hydrogens is 603 g/mol. The lowest BCUT2D eigenvalue weighted by atomic mass is 10.1. The van der Waals surface area contributed by atoms with E-state index in [0.29, 0.717) is 35.4 Å². The number of methoxy groups -OCH3 is 2. The largest absolute Gasteiger partial charge is 0.497 e. The highest BCUT2D eigenvalue weighted by Crippen LogP contribution is 2.37. The van der Waals surface area contributed by atoms with E-state index in [2.05, 4.69) is 45.9 Å². The lowest BCUT2D eigenvalue weighted by molar-refractivity contribution is 0.116. The molecule has 4 rings (SSSR count). The van der Waals surface area contributed by atoms with Crippen LogP contribution >= 0.6 is 0 Å². The van der Waals surface area contributed by atoms with E-state index in [1.165, 1.54) is 24.3 Å². The number of unbranched alkanes of at least 4 members (excludes halogenated alkanes) is 1. The third-order valence-electron chi connectivity index (χ3n) is 7.94. The normalized spacial score (nSPS) is 13.8. The monoisotopic (exact) mass is 652 g/mol. The maximum Gasteiger partial charge on any atom is 0.420 e. The number of hydrogen-bond acceptors (Lipinski definition) is 10. The van der Waals surface area contributed by atoms with Gasteiger partial charge >= 0.3 is 6.09 Å². The summed E-state index contributed by atoms with van der Waals surface area (Å²) in [5.74, 6) is 1.64. The van der Waals surface area contributed by atoms with Crippen molar-refractivity contribution in [3.8, 4) is 17.2 Å². The van der Waals surface area contributed by atoms with Gasteiger partial charge in [-0.05, 0) is 56.0 Å². The third-order valence-corrected chi connectivity index (χ3v) is 7.94. The van der Waals surface area contributed by atoms with Crippen LogP contribution in [-0.2, 0) is 4.74 Å². The van der Waals surface area contributed by atoms with Crippen molar-refractivity contribution in [2.24, 2.45) is 5.92 Å². The first-order valence-electron chi connectivity index (χ1n) is 16.5. The highest BCUT2D eigenvalue weighted by Gasteiger charge is 2.25. The highest BCUT2D eigenvalue weighted by molar-refractivity contribution is 5.97. The second-order valence-corrected chi connectivity index (χ2v) is 11.9. The van der Waals surface area contributed by atoms with Crippen LogP contribution in [-0.4, -0.2) is 92.6 Å². The van der Waals surface area contributed by atoms with Crippen molar-refractivity contribution in [1.29, 1.82) is 0 Å². The number of halogens is 1. The van der Waals surface area contributed by atoms with Crippen LogP contribution in [0.1, 0.15) is 46.5 Å². The molecule has 1 fully saturated rings. The molecule has 1 aliphatic heterocycles. The number of ether oxygens (including phenoxy) is 4. The summed E-state index contributed by atoms with van der Waals surface area (Å²) in [4.78, 5) is 28.5. The Labute approximate surface area is 278 Å². The molecule has 3 aromatic rings. The van der Waals surface area contributed by atoms with E-state index in [1.54, 1.807) is 43.5 Å². The van der Waals surface area contributed by atoms with Gasteiger partial charge in [0, 0.05) is 62.8 Å². The summed E-state index contributed by atoms with van der Waals surface area (Å²) in [6.07, 6.45) is 4.82. The highest BCUT2D eigenvalue weighted by atomic mass is 19.1. The molecule has 47 heavy (non-hydrogen) atoms. The summed E-state index contributed by atoms with van der Waals surface area (Å²) in [6, 6.07) is 11.3. The molecular formula is C35H49FN6O5. The van der Waals surface area contributed by atoms with Crippen LogP contribution in [0.2, 0.25) is 0 Å². The summed E-state index contributed by atoms with van der Waals surface area (Å²) >= 11 is 0. The van der Waals surface area contributed by atoms with Crippen molar-refractivity contribution in [3.05, 3.63) is 54.5 Å². The van der Waals surface area contributed by atoms with Crippen LogP contribution in [0.4, 0.5) is 32.3 Å². The number of carbonyl (C=O) groups is 1. The predicted molar refractivity (Wildman–Crippen MR) is 182 cm³/mol. The van der Waals surface area contributed by atoms with Gasteiger partial charge in [0.05, 0.1) is 26.5 Å². The molecule has 1 saturated heterocycles. The molecule has 11 nitrogen and oxygen atoms in total. The minimum Gasteiger partial charge on any atom is -0.497 e. The van der Waals surface area contributed by atoms with Crippen molar-refractivity contribution in [1.82, 2.24) is 19.8 Å². The molecule has 0 radical (unpaired) electrons. The summed E-state index contributed by atoms with van der Waals surface area (Å²) in [5, 5.41) is 3.04. The number of aromatic nitrogens is 2. The molecule has 2 aromatic carbocycles. The van der Waals surface area contributed by atoms with Crippen molar-refractivity contribution in [2.75, 3.05) is 76.9 Å². The molecule has 0 unspecified atom stereocenters. The topological polar surface area (TPSA) is 102 Å². The van der Waals surface area contributed by atoms with Crippen LogP contribution in [0.5, 0.6) is 17.2 Å². The second-order valence-electron chi connectivity index (χ2n) is 11.9. The van der Waals surface area contributed by atoms with E-state index in [1.807, 2.05) is 0 Å². The van der Waals surface area contributed by atoms with Gasteiger partial charge in [-0.2, -0.15) is 4.98 Å². The van der Waals surface area contributed by atoms with E-state index in [4.69, 9.17) is 18.9 Å². The molecule has 0 bridgehead atoms. The third kappa shape index (κ3) is 10.7. The minimum absolute atomic E-state index is 0.167. The Morgan fingerprint density at radius 1 is 0.957 bits per heavy atom. The summed E-state index contributed by atoms with van der Waals surface area (Å²) < 4.78 is 37.4.